The van der Waals surface area contributed by atoms with Crippen LogP contribution in [-0.4, -0.2) is 51.8 Å². The molecule has 0 atom stereocenters. The number of imide groups is 1. The lowest BCUT2D eigenvalue weighted by molar-refractivity contribution is -0.135. The van der Waals surface area contributed by atoms with Gasteiger partial charge in [-0.1, -0.05) is 6.07 Å². The first-order valence-electron chi connectivity index (χ1n) is 5.95. The van der Waals surface area contributed by atoms with Gasteiger partial charge in [-0.3, -0.25) is 24.7 Å². The molecule has 108 valence electrons. The van der Waals surface area contributed by atoms with Crippen molar-refractivity contribution in [1.29, 1.82) is 0 Å². The number of nitrogens with zero attached hydrogens (tertiary/aromatic N) is 2. The van der Waals surface area contributed by atoms with Crippen LogP contribution in [0, 0.1) is 0 Å². The molecule has 1 saturated heterocycles. The van der Waals surface area contributed by atoms with Crippen LogP contribution in [0.5, 0.6) is 0 Å². The predicted molar refractivity (Wildman–Crippen MR) is 70.0 cm³/mol. The molecule has 8 heteroatoms. The fourth-order valence-corrected chi connectivity index (χ4v) is 1.74. The Balaban J connectivity index is 2.11. The molecule has 0 saturated carbocycles. The first kappa shape index (κ1) is 14.4. The van der Waals surface area contributed by atoms with E-state index in [-0.39, 0.29) is 18.8 Å². The maximum Gasteiger partial charge on any atom is 0.328 e. The predicted octanol–water partition coefficient (Wildman–Crippen LogP) is -0.722. The molecule has 0 unspecified atom stereocenters. The summed E-state index contributed by atoms with van der Waals surface area (Å²) in [7, 11) is 0. The average Bonchev–Trinajstić information content (AvgIpc) is 2.44. The first-order chi connectivity index (χ1) is 9.95. The standard InChI is InChI=1S/C13H11N3O5/c17-10-6-16(7-11(18)15-10)13(21)9-3-1-8(5-14-9)2-4-12(19)20/h1-5H,6-7H2,(H,19,20)(H,15,17,18). The highest BCUT2D eigenvalue weighted by atomic mass is 16.4. The SMILES string of the molecule is O=C(O)C=Cc1ccc(C(=O)N2CC(=O)NC(=O)C2)nc1. The van der Waals surface area contributed by atoms with E-state index in [9.17, 15) is 19.2 Å². The smallest absolute Gasteiger partial charge is 0.328 e. The number of carbonyl (C=O) groups excluding carboxylic acids is 3. The van der Waals surface area contributed by atoms with Crippen molar-refractivity contribution in [3.8, 4) is 0 Å². The van der Waals surface area contributed by atoms with E-state index in [0.717, 1.165) is 11.0 Å². The summed E-state index contributed by atoms with van der Waals surface area (Å²) in [4.78, 5) is 49.9. The summed E-state index contributed by atoms with van der Waals surface area (Å²) in [5.74, 6) is -2.71. The summed E-state index contributed by atoms with van der Waals surface area (Å²) >= 11 is 0. The summed E-state index contributed by atoms with van der Waals surface area (Å²) in [6.45, 7) is -0.403. The van der Waals surface area contributed by atoms with E-state index < -0.39 is 23.7 Å². The zero-order valence-electron chi connectivity index (χ0n) is 10.8. The van der Waals surface area contributed by atoms with Gasteiger partial charge in [-0.25, -0.2) is 4.79 Å². The molecule has 8 nitrogen and oxygen atoms in total. The Hall–Kier alpha value is -3.03. The van der Waals surface area contributed by atoms with Gasteiger partial charge in [0.15, 0.2) is 0 Å². The molecule has 1 aromatic heterocycles. The minimum absolute atomic E-state index is 0.0741. The third-order valence-electron chi connectivity index (χ3n) is 2.66. The van der Waals surface area contributed by atoms with E-state index in [4.69, 9.17) is 5.11 Å². The summed E-state index contributed by atoms with van der Waals surface area (Å²) < 4.78 is 0. The van der Waals surface area contributed by atoms with Crippen LogP contribution in [0.4, 0.5) is 0 Å². The molecule has 2 heterocycles. The molecule has 0 aliphatic carbocycles. The number of carboxylic acids is 1. The van der Waals surface area contributed by atoms with Crippen molar-refractivity contribution in [2.75, 3.05) is 13.1 Å². The summed E-state index contributed by atoms with van der Waals surface area (Å²) in [5, 5.41) is 10.6. The molecule has 0 aromatic carbocycles. The highest BCUT2D eigenvalue weighted by Crippen LogP contribution is 2.07. The number of aliphatic carboxylic acids is 1. The Labute approximate surface area is 119 Å². The number of amides is 3. The molecule has 0 spiro atoms. The van der Waals surface area contributed by atoms with E-state index in [1.165, 1.54) is 24.4 Å². The first-order valence-corrected chi connectivity index (χ1v) is 5.95. The molecule has 1 fully saturated rings. The van der Waals surface area contributed by atoms with Crippen LogP contribution in [-0.2, 0) is 14.4 Å². The van der Waals surface area contributed by atoms with Crippen molar-refractivity contribution in [1.82, 2.24) is 15.2 Å². The number of hydrogen-bond donors (Lipinski definition) is 2. The second-order valence-electron chi connectivity index (χ2n) is 4.28. The molecule has 3 amide bonds. The average molecular weight is 289 g/mol. The molecular formula is C13H11N3O5. The zero-order valence-corrected chi connectivity index (χ0v) is 10.8. The Kier molecular flexibility index (Phi) is 4.07. The van der Waals surface area contributed by atoms with Gasteiger partial charge < -0.3 is 10.0 Å². The van der Waals surface area contributed by atoms with Crippen molar-refractivity contribution in [3.05, 3.63) is 35.7 Å². The highest BCUT2D eigenvalue weighted by Gasteiger charge is 2.27. The van der Waals surface area contributed by atoms with Crippen molar-refractivity contribution in [2.24, 2.45) is 0 Å². The van der Waals surface area contributed by atoms with E-state index in [0.29, 0.717) is 5.56 Å². The van der Waals surface area contributed by atoms with E-state index in [2.05, 4.69) is 10.3 Å². The van der Waals surface area contributed by atoms with Crippen molar-refractivity contribution in [2.45, 2.75) is 0 Å². The minimum Gasteiger partial charge on any atom is -0.478 e. The zero-order chi connectivity index (χ0) is 15.4. The normalized spacial score (nSPS) is 15.1. The number of nitrogens with one attached hydrogen (secondary N) is 1. The van der Waals surface area contributed by atoms with Gasteiger partial charge in [-0.2, -0.15) is 0 Å². The fourth-order valence-electron chi connectivity index (χ4n) is 1.74. The van der Waals surface area contributed by atoms with Gasteiger partial charge in [-0.15, -0.1) is 0 Å². The Morgan fingerprint density at radius 3 is 2.43 bits per heavy atom. The minimum atomic E-state index is -1.09. The lowest BCUT2D eigenvalue weighted by atomic mass is 10.2. The number of aromatic nitrogens is 1. The van der Waals surface area contributed by atoms with Gasteiger partial charge in [0, 0.05) is 12.3 Å². The Bertz CT molecular complexity index is 620. The fraction of sp³-hybridized carbons (Fsp3) is 0.154. The van der Waals surface area contributed by atoms with Crippen LogP contribution < -0.4 is 5.32 Å². The second-order valence-corrected chi connectivity index (χ2v) is 4.28. The molecule has 2 rings (SSSR count). The van der Waals surface area contributed by atoms with E-state index in [1.807, 2.05) is 0 Å². The number of piperazine rings is 1. The van der Waals surface area contributed by atoms with Gasteiger partial charge in [0.2, 0.25) is 11.8 Å². The second kappa shape index (κ2) is 5.95. The van der Waals surface area contributed by atoms with Crippen LogP contribution in [0.2, 0.25) is 0 Å². The highest BCUT2D eigenvalue weighted by molar-refractivity contribution is 6.05. The summed E-state index contributed by atoms with van der Waals surface area (Å²) in [5.41, 5.74) is 0.589. The van der Waals surface area contributed by atoms with Gasteiger partial charge in [0.1, 0.15) is 18.8 Å². The molecule has 2 N–H and O–H groups in total. The lowest BCUT2D eigenvalue weighted by Crippen LogP contribution is -2.53. The molecule has 1 aliphatic heterocycles. The van der Waals surface area contributed by atoms with Crippen molar-refractivity contribution >= 4 is 29.8 Å². The molecule has 0 bridgehead atoms. The van der Waals surface area contributed by atoms with E-state index >= 15 is 0 Å². The number of carboxylic acid groups (broad SMARTS) is 1. The lowest BCUT2D eigenvalue weighted by Gasteiger charge is -2.24. The van der Waals surface area contributed by atoms with Crippen LogP contribution in [0.25, 0.3) is 6.08 Å². The number of rotatable bonds is 3. The van der Waals surface area contributed by atoms with Crippen molar-refractivity contribution < 1.29 is 24.3 Å². The maximum atomic E-state index is 12.1. The third kappa shape index (κ3) is 3.72. The molecule has 0 radical (unpaired) electrons. The number of hydrogen-bond acceptors (Lipinski definition) is 5. The Morgan fingerprint density at radius 1 is 1.24 bits per heavy atom. The maximum absolute atomic E-state index is 12.1. The van der Waals surface area contributed by atoms with Crippen LogP contribution in [0.3, 0.4) is 0 Å². The monoisotopic (exact) mass is 289 g/mol. The molecule has 1 aliphatic rings. The summed E-state index contributed by atoms with van der Waals surface area (Å²) in [6, 6.07) is 2.92. The van der Waals surface area contributed by atoms with Crippen LogP contribution in [0.15, 0.2) is 24.4 Å². The number of carbonyl (C=O) groups is 4. The van der Waals surface area contributed by atoms with Gasteiger partial charge >= 0.3 is 5.97 Å². The van der Waals surface area contributed by atoms with Crippen LogP contribution in [0.1, 0.15) is 16.1 Å². The van der Waals surface area contributed by atoms with Gasteiger partial charge in [0.25, 0.3) is 5.91 Å². The van der Waals surface area contributed by atoms with E-state index in [1.54, 1.807) is 0 Å². The topological polar surface area (TPSA) is 117 Å². The Morgan fingerprint density at radius 2 is 1.90 bits per heavy atom. The van der Waals surface area contributed by atoms with Crippen molar-refractivity contribution in [3.63, 3.8) is 0 Å². The molecule has 21 heavy (non-hydrogen) atoms. The number of pyridine rings is 1. The molecular weight excluding hydrogens is 278 g/mol. The van der Waals surface area contributed by atoms with Gasteiger partial charge in [-0.05, 0) is 17.7 Å². The van der Waals surface area contributed by atoms with Crippen LogP contribution >= 0.6 is 0 Å². The molecule has 1 aromatic rings. The van der Waals surface area contributed by atoms with Gasteiger partial charge in [0.05, 0.1) is 0 Å². The quantitative estimate of drug-likeness (QED) is 0.560. The largest absolute Gasteiger partial charge is 0.478 e. The summed E-state index contributed by atoms with van der Waals surface area (Å²) in [6.07, 6.45) is 3.62. The third-order valence-corrected chi connectivity index (χ3v) is 2.66.